The minimum absolute atomic E-state index is 0.547. The number of nitrogens with zero attached hydrogens (tertiary/aromatic N) is 1. The van der Waals surface area contributed by atoms with Crippen LogP contribution >= 0.6 is 0 Å². The molecule has 2 saturated carbocycles. The molecule has 1 heterocycles. The van der Waals surface area contributed by atoms with Crippen LogP contribution in [-0.4, -0.2) is 49.3 Å². The maximum absolute atomic E-state index is 5.97. The molecular weight excluding hydrogens is 212 g/mol. The Morgan fingerprint density at radius 2 is 2.00 bits per heavy atom. The molecule has 17 heavy (non-hydrogen) atoms. The van der Waals surface area contributed by atoms with Gasteiger partial charge in [-0.1, -0.05) is 12.8 Å². The van der Waals surface area contributed by atoms with E-state index >= 15 is 0 Å². The predicted molar refractivity (Wildman–Crippen MR) is 69.2 cm³/mol. The molecule has 2 aliphatic carbocycles. The highest BCUT2D eigenvalue weighted by molar-refractivity contribution is 4.94. The third-order valence-corrected chi connectivity index (χ3v) is 5.06. The van der Waals surface area contributed by atoms with Gasteiger partial charge in [0.1, 0.15) is 0 Å². The van der Waals surface area contributed by atoms with Crippen LogP contribution in [0.25, 0.3) is 0 Å². The number of rotatable bonds is 2. The van der Waals surface area contributed by atoms with Crippen LogP contribution in [0.2, 0.25) is 0 Å². The summed E-state index contributed by atoms with van der Waals surface area (Å²) in [4.78, 5) is 2.80. The Kier molecular flexibility index (Phi) is 3.69. The summed E-state index contributed by atoms with van der Waals surface area (Å²) >= 11 is 0. The summed E-state index contributed by atoms with van der Waals surface area (Å²) in [5, 5.41) is 3.45. The van der Waals surface area contributed by atoms with Crippen molar-refractivity contribution < 1.29 is 4.74 Å². The number of ether oxygens (including phenoxy) is 1. The molecule has 1 N–H and O–H groups in total. The van der Waals surface area contributed by atoms with Crippen molar-refractivity contribution >= 4 is 0 Å². The molecule has 3 fully saturated rings. The van der Waals surface area contributed by atoms with Crippen LogP contribution in [0, 0.1) is 0 Å². The monoisotopic (exact) mass is 238 g/mol. The van der Waals surface area contributed by atoms with Gasteiger partial charge in [0.2, 0.25) is 0 Å². The molecule has 0 amide bonds. The van der Waals surface area contributed by atoms with Crippen LogP contribution in [0.5, 0.6) is 0 Å². The predicted octanol–water partition coefficient (Wildman–Crippen LogP) is 1.77. The van der Waals surface area contributed by atoms with Gasteiger partial charge in [-0.15, -0.1) is 0 Å². The van der Waals surface area contributed by atoms with E-state index in [1.807, 2.05) is 0 Å². The van der Waals surface area contributed by atoms with Gasteiger partial charge in [0.05, 0.1) is 12.7 Å². The van der Waals surface area contributed by atoms with Crippen molar-refractivity contribution in [3.63, 3.8) is 0 Å². The van der Waals surface area contributed by atoms with E-state index in [1.165, 1.54) is 51.5 Å². The van der Waals surface area contributed by atoms with Crippen molar-refractivity contribution in [2.75, 3.05) is 20.2 Å². The van der Waals surface area contributed by atoms with E-state index < -0.39 is 0 Å². The lowest BCUT2D eigenvalue weighted by atomic mass is 9.89. The second-order valence-corrected chi connectivity index (χ2v) is 5.95. The van der Waals surface area contributed by atoms with E-state index in [0.717, 1.165) is 24.7 Å². The van der Waals surface area contributed by atoms with Gasteiger partial charge in [-0.2, -0.15) is 0 Å². The molecular formula is C14H26N2O. The highest BCUT2D eigenvalue weighted by Gasteiger charge is 2.39. The number of morpholine rings is 1. The average molecular weight is 238 g/mol. The quantitative estimate of drug-likeness (QED) is 0.793. The van der Waals surface area contributed by atoms with Gasteiger partial charge < -0.3 is 10.1 Å². The van der Waals surface area contributed by atoms with Gasteiger partial charge in [-0.3, -0.25) is 4.90 Å². The van der Waals surface area contributed by atoms with Crippen molar-refractivity contribution in [3.05, 3.63) is 0 Å². The van der Waals surface area contributed by atoms with Gasteiger partial charge in [-0.25, -0.2) is 0 Å². The van der Waals surface area contributed by atoms with Crippen molar-refractivity contribution in [1.29, 1.82) is 0 Å². The zero-order valence-corrected chi connectivity index (χ0v) is 11.0. The van der Waals surface area contributed by atoms with E-state index in [2.05, 4.69) is 17.3 Å². The minimum atomic E-state index is 0.547. The third-order valence-electron chi connectivity index (χ3n) is 5.06. The van der Waals surface area contributed by atoms with Crippen molar-refractivity contribution in [2.45, 2.75) is 69.2 Å². The number of hydrogen-bond acceptors (Lipinski definition) is 3. The smallest absolute Gasteiger partial charge is 0.0731 e. The topological polar surface area (TPSA) is 24.5 Å². The molecule has 3 aliphatic rings. The highest BCUT2D eigenvalue weighted by atomic mass is 16.5. The first-order chi connectivity index (χ1) is 8.38. The SMILES string of the molecule is CNC1CCC(N2CCOC3CCCCC32)C1. The zero-order valence-electron chi connectivity index (χ0n) is 11.0. The lowest BCUT2D eigenvalue weighted by molar-refractivity contribution is -0.102. The summed E-state index contributed by atoms with van der Waals surface area (Å²) in [5.74, 6) is 0. The molecule has 0 aromatic carbocycles. The van der Waals surface area contributed by atoms with Crippen LogP contribution in [0.1, 0.15) is 44.9 Å². The molecule has 0 aromatic heterocycles. The van der Waals surface area contributed by atoms with Crippen molar-refractivity contribution in [2.24, 2.45) is 0 Å². The maximum atomic E-state index is 5.97. The molecule has 0 bridgehead atoms. The summed E-state index contributed by atoms with van der Waals surface area (Å²) in [6.45, 7) is 2.13. The number of hydrogen-bond donors (Lipinski definition) is 1. The highest BCUT2D eigenvalue weighted by Crippen LogP contribution is 2.34. The number of nitrogens with one attached hydrogen (secondary N) is 1. The van der Waals surface area contributed by atoms with E-state index in [-0.39, 0.29) is 0 Å². The van der Waals surface area contributed by atoms with Crippen molar-refractivity contribution in [3.8, 4) is 0 Å². The largest absolute Gasteiger partial charge is 0.375 e. The van der Waals surface area contributed by atoms with Crippen LogP contribution < -0.4 is 5.32 Å². The Bertz CT molecular complexity index is 257. The number of fused-ring (bicyclic) bond motifs is 1. The lowest BCUT2D eigenvalue weighted by Crippen LogP contribution is -2.56. The summed E-state index contributed by atoms with van der Waals surface area (Å²) < 4.78 is 5.97. The first-order valence-electron chi connectivity index (χ1n) is 7.43. The molecule has 3 heteroatoms. The minimum Gasteiger partial charge on any atom is -0.375 e. The van der Waals surface area contributed by atoms with E-state index in [9.17, 15) is 0 Å². The van der Waals surface area contributed by atoms with Crippen LogP contribution in [0.15, 0.2) is 0 Å². The molecule has 4 unspecified atom stereocenters. The first kappa shape index (κ1) is 11.9. The average Bonchev–Trinajstić information content (AvgIpc) is 2.87. The van der Waals surface area contributed by atoms with E-state index in [1.54, 1.807) is 0 Å². The molecule has 1 saturated heterocycles. The van der Waals surface area contributed by atoms with Gasteiger partial charge in [0.25, 0.3) is 0 Å². The Hall–Kier alpha value is -0.120. The van der Waals surface area contributed by atoms with Crippen LogP contribution in [0.4, 0.5) is 0 Å². The molecule has 0 radical (unpaired) electrons. The van der Waals surface area contributed by atoms with Gasteiger partial charge >= 0.3 is 0 Å². The maximum Gasteiger partial charge on any atom is 0.0731 e. The molecule has 3 rings (SSSR count). The van der Waals surface area contributed by atoms with Crippen LogP contribution in [0.3, 0.4) is 0 Å². The summed E-state index contributed by atoms with van der Waals surface area (Å²) in [6.07, 6.45) is 10.1. The Labute approximate surface area is 105 Å². The summed E-state index contributed by atoms with van der Waals surface area (Å²) in [7, 11) is 2.11. The van der Waals surface area contributed by atoms with Crippen LogP contribution in [-0.2, 0) is 4.74 Å². The van der Waals surface area contributed by atoms with Crippen molar-refractivity contribution in [1.82, 2.24) is 10.2 Å². The van der Waals surface area contributed by atoms with Gasteiger partial charge in [-0.05, 0) is 39.2 Å². The molecule has 98 valence electrons. The molecule has 1 aliphatic heterocycles. The second kappa shape index (κ2) is 5.25. The fraction of sp³-hybridized carbons (Fsp3) is 1.00. The fourth-order valence-corrected chi connectivity index (χ4v) is 4.10. The summed E-state index contributed by atoms with van der Waals surface area (Å²) in [6, 6.07) is 2.31. The van der Waals surface area contributed by atoms with Gasteiger partial charge in [0.15, 0.2) is 0 Å². The Morgan fingerprint density at radius 1 is 1.12 bits per heavy atom. The van der Waals surface area contributed by atoms with E-state index in [0.29, 0.717) is 6.10 Å². The Balaban J connectivity index is 1.65. The molecule has 0 spiro atoms. The summed E-state index contributed by atoms with van der Waals surface area (Å²) in [5.41, 5.74) is 0. The normalized spacial score (nSPS) is 43.6. The van der Waals surface area contributed by atoms with E-state index in [4.69, 9.17) is 4.74 Å². The lowest BCUT2D eigenvalue weighted by Gasteiger charge is -2.46. The molecule has 3 nitrogen and oxygen atoms in total. The standard InChI is InChI=1S/C14H26N2O/c1-15-11-6-7-12(10-11)16-8-9-17-14-5-3-2-4-13(14)16/h11-15H,2-10H2,1H3. The first-order valence-corrected chi connectivity index (χ1v) is 7.43. The zero-order chi connectivity index (χ0) is 11.7. The molecule has 0 aromatic rings. The second-order valence-electron chi connectivity index (χ2n) is 5.95. The third kappa shape index (κ3) is 2.38. The fourth-order valence-electron chi connectivity index (χ4n) is 4.10. The molecule has 4 atom stereocenters. The Morgan fingerprint density at radius 3 is 2.82 bits per heavy atom. The van der Waals surface area contributed by atoms with Gasteiger partial charge in [0, 0.05) is 24.7 Å².